The molecular weight excluding hydrogens is 178 g/mol. The Hall–Kier alpha value is -1.32. The molecule has 0 unspecified atom stereocenters. The molecule has 1 aromatic heterocycles. The fourth-order valence-corrected chi connectivity index (χ4v) is 1.80. The number of aryl methyl sites for hydroxylation is 1. The topological polar surface area (TPSA) is 38.1 Å². The van der Waals surface area contributed by atoms with Crippen LogP contribution in [0.5, 0.6) is 0 Å². The summed E-state index contributed by atoms with van der Waals surface area (Å²) in [6, 6.07) is 0. The van der Waals surface area contributed by atoms with E-state index in [0.29, 0.717) is 11.6 Å². The van der Waals surface area contributed by atoms with Crippen molar-refractivity contribution in [1.29, 1.82) is 0 Å². The van der Waals surface area contributed by atoms with Gasteiger partial charge < -0.3 is 9.47 Å². The van der Waals surface area contributed by atoms with Gasteiger partial charge in [0.15, 0.2) is 0 Å². The smallest absolute Gasteiger partial charge is 0.274 e. The van der Waals surface area contributed by atoms with Gasteiger partial charge in [0.2, 0.25) is 0 Å². The molecule has 0 bridgehead atoms. The summed E-state index contributed by atoms with van der Waals surface area (Å²) in [5.41, 5.74) is 0.557. The maximum absolute atomic E-state index is 11.9. The maximum Gasteiger partial charge on any atom is 0.274 e. The molecule has 1 amide bonds. The minimum atomic E-state index is 0.0648. The third-order valence-electron chi connectivity index (χ3n) is 2.64. The van der Waals surface area contributed by atoms with Crippen molar-refractivity contribution < 1.29 is 4.79 Å². The second kappa shape index (κ2) is 3.44. The van der Waals surface area contributed by atoms with Gasteiger partial charge in [-0.15, -0.1) is 0 Å². The van der Waals surface area contributed by atoms with Gasteiger partial charge in [-0.3, -0.25) is 4.79 Å². The molecule has 0 saturated carbocycles. The lowest BCUT2D eigenvalue weighted by Crippen LogP contribution is -2.28. The third-order valence-corrected chi connectivity index (χ3v) is 2.64. The molecule has 1 aromatic rings. The molecule has 0 N–H and O–H groups in total. The fraction of sp³-hybridized carbons (Fsp3) is 0.600. The van der Waals surface area contributed by atoms with Crippen LogP contribution in [0.2, 0.25) is 0 Å². The Balaban J connectivity index is 2.09. The Morgan fingerprint density at radius 2 is 2.43 bits per heavy atom. The molecule has 1 aliphatic heterocycles. The second-order valence-electron chi connectivity index (χ2n) is 4.07. The van der Waals surface area contributed by atoms with E-state index in [9.17, 15) is 4.79 Å². The molecular formula is C10H15N3O. The molecule has 0 aliphatic carbocycles. The van der Waals surface area contributed by atoms with Crippen molar-refractivity contribution in [2.24, 2.45) is 13.0 Å². The monoisotopic (exact) mass is 193 g/mol. The van der Waals surface area contributed by atoms with Gasteiger partial charge in [0.05, 0.1) is 6.33 Å². The highest BCUT2D eigenvalue weighted by atomic mass is 16.2. The Labute approximate surface area is 83.5 Å². The summed E-state index contributed by atoms with van der Waals surface area (Å²) in [5, 5.41) is 0. The summed E-state index contributed by atoms with van der Waals surface area (Å²) in [6.45, 7) is 3.91. The minimum absolute atomic E-state index is 0.0648. The van der Waals surface area contributed by atoms with Crippen LogP contribution in [0.25, 0.3) is 0 Å². The highest BCUT2D eigenvalue weighted by Gasteiger charge is 2.25. The predicted molar refractivity (Wildman–Crippen MR) is 52.9 cm³/mol. The maximum atomic E-state index is 11.9. The van der Waals surface area contributed by atoms with Gasteiger partial charge in [-0.25, -0.2) is 4.98 Å². The summed E-state index contributed by atoms with van der Waals surface area (Å²) in [6.07, 6.45) is 4.54. The second-order valence-corrected chi connectivity index (χ2v) is 4.07. The molecule has 76 valence electrons. The molecule has 14 heavy (non-hydrogen) atoms. The van der Waals surface area contributed by atoms with Crippen molar-refractivity contribution in [1.82, 2.24) is 14.5 Å². The fourth-order valence-electron chi connectivity index (χ4n) is 1.80. The molecule has 1 saturated heterocycles. The van der Waals surface area contributed by atoms with E-state index in [0.717, 1.165) is 19.5 Å². The Morgan fingerprint density at radius 3 is 2.93 bits per heavy atom. The van der Waals surface area contributed by atoms with Gasteiger partial charge in [0, 0.05) is 26.3 Å². The van der Waals surface area contributed by atoms with E-state index >= 15 is 0 Å². The van der Waals surface area contributed by atoms with Crippen LogP contribution in [-0.2, 0) is 7.05 Å². The number of carbonyl (C=O) groups excluding carboxylic acids is 1. The van der Waals surface area contributed by atoms with Gasteiger partial charge >= 0.3 is 0 Å². The summed E-state index contributed by atoms with van der Waals surface area (Å²) in [7, 11) is 1.87. The van der Waals surface area contributed by atoms with E-state index in [4.69, 9.17) is 0 Å². The quantitative estimate of drug-likeness (QED) is 0.664. The van der Waals surface area contributed by atoms with E-state index in [2.05, 4.69) is 11.9 Å². The number of aromatic nitrogens is 2. The van der Waals surface area contributed by atoms with Crippen molar-refractivity contribution in [3.63, 3.8) is 0 Å². The molecule has 1 atom stereocenters. The zero-order chi connectivity index (χ0) is 10.1. The lowest BCUT2D eigenvalue weighted by atomic mass is 10.2. The number of hydrogen-bond acceptors (Lipinski definition) is 2. The third kappa shape index (κ3) is 1.64. The van der Waals surface area contributed by atoms with Crippen molar-refractivity contribution in [3.8, 4) is 0 Å². The van der Waals surface area contributed by atoms with Gasteiger partial charge in [0.25, 0.3) is 5.91 Å². The molecule has 0 spiro atoms. The van der Waals surface area contributed by atoms with E-state index in [1.807, 2.05) is 11.9 Å². The van der Waals surface area contributed by atoms with Crippen LogP contribution in [0.15, 0.2) is 12.5 Å². The van der Waals surface area contributed by atoms with Crippen LogP contribution >= 0.6 is 0 Å². The summed E-state index contributed by atoms with van der Waals surface area (Å²) < 4.78 is 1.80. The summed E-state index contributed by atoms with van der Waals surface area (Å²) >= 11 is 0. The highest BCUT2D eigenvalue weighted by molar-refractivity contribution is 5.92. The molecule has 0 aromatic carbocycles. The average molecular weight is 193 g/mol. The number of rotatable bonds is 1. The molecule has 1 fully saturated rings. The molecule has 4 heteroatoms. The van der Waals surface area contributed by atoms with Crippen LogP contribution in [0.1, 0.15) is 23.8 Å². The molecule has 4 nitrogen and oxygen atoms in total. The largest absolute Gasteiger partial charge is 0.340 e. The highest BCUT2D eigenvalue weighted by Crippen LogP contribution is 2.16. The summed E-state index contributed by atoms with van der Waals surface area (Å²) in [4.78, 5) is 17.8. The normalized spacial score (nSPS) is 21.6. The van der Waals surface area contributed by atoms with Crippen LogP contribution < -0.4 is 0 Å². The van der Waals surface area contributed by atoms with E-state index in [1.165, 1.54) is 0 Å². The standard InChI is InChI=1S/C10H15N3O/c1-8-3-4-13(5-8)10(14)9-6-12(2)7-11-9/h6-8H,3-5H2,1-2H3/t8-/m1/s1. The van der Waals surface area contributed by atoms with Crippen LogP contribution in [0, 0.1) is 5.92 Å². The predicted octanol–water partition coefficient (Wildman–Crippen LogP) is 0.902. The van der Waals surface area contributed by atoms with Gasteiger partial charge in [0.1, 0.15) is 5.69 Å². The lowest BCUT2D eigenvalue weighted by Gasteiger charge is -2.13. The van der Waals surface area contributed by atoms with Crippen LogP contribution in [0.3, 0.4) is 0 Å². The minimum Gasteiger partial charge on any atom is -0.340 e. The number of nitrogens with zero attached hydrogens (tertiary/aromatic N) is 3. The zero-order valence-electron chi connectivity index (χ0n) is 8.60. The number of carbonyl (C=O) groups is 1. The Bertz CT molecular complexity index is 345. The van der Waals surface area contributed by atoms with Crippen molar-refractivity contribution in [3.05, 3.63) is 18.2 Å². The van der Waals surface area contributed by atoms with Gasteiger partial charge in [-0.2, -0.15) is 0 Å². The van der Waals surface area contributed by atoms with Crippen molar-refractivity contribution in [2.45, 2.75) is 13.3 Å². The zero-order valence-corrected chi connectivity index (χ0v) is 8.60. The van der Waals surface area contributed by atoms with E-state index in [-0.39, 0.29) is 5.91 Å². The average Bonchev–Trinajstić information content (AvgIpc) is 2.73. The number of likely N-dealkylation sites (tertiary alicyclic amines) is 1. The molecule has 0 radical (unpaired) electrons. The van der Waals surface area contributed by atoms with Crippen LogP contribution in [0.4, 0.5) is 0 Å². The van der Waals surface area contributed by atoms with Crippen molar-refractivity contribution in [2.75, 3.05) is 13.1 Å². The van der Waals surface area contributed by atoms with Crippen LogP contribution in [-0.4, -0.2) is 33.4 Å². The molecule has 2 rings (SSSR count). The SMILES string of the molecule is C[C@@H]1CCN(C(=O)c2cn(C)cn2)C1. The number of amides is 1. The van der Waals surface area contributed by atoms with Crippen molar-refractivity contribution >= 4 is 5.91 Å². The number of imidazole rings is 1. The Morgan fingerprint density at radius 1 is 1.64 bits per heavy atom. The van der Waals surface area contributed by atoms with E-state index < -0.39 is 0 Å². The molecule has 1 aliphatic rings. The lowest BCUT2D eigenvalue weighted by molar-refractivity contribution is 0.0783. The number of hydrogen-bond donors (Lipinski definition) is 0. The first-order valence-electron chi connectivity index (χ1n) is 4.94. The first kappa shape index (κ1) is 9.24. The molecule has 2 heterocycles. The van der Waals surface area contributed by atoms with Gasteiger partial charge in [-0.05, 0) is 12.3 Å². The Kier molecular flexibility index (Phi) is 2.27. The summed E-state index contributed by atoms with van der Waals surface area (Å²) in [5.74, 6) is 0.692. The van der Waals surface area contributed by atoms with E-state index in [1.54, 1.807) is 17.1 Å². The van der Waals surface area contributed by atoms with Gasteiger partial charge in [-0.1, -0.05) is 6.92 Å². The first-order valence-corrected chi connectivity index (χ1v) is 4.94. The first-order chi connectivity index (χ1) is 6.66.